The first-order valence-corrected chi connectivity index (χ1v) is 34.0. The molecule has 12 heteroatoms. The summed E-state index contributed by atoms with van der Waals surface area (Å²) in [5.41, 5.74) is 10.8. The number of nitrogens with two attached hydrogens (primary N) is 1. The number of aliphatic imine (C=N–C) groups is 1. The van der Waals surface area contributed by atoms with Crippen molar-refractivity contribution in [2.75, 3.05) is 18.8 Å². The van der Waals surface area contributed by atoms with Crippen molar-refractivity contribution in [3.8, 4) is 11.5 Å². The van der Waals surface area contributed by atoms with Gasteiger partial charge in [-0.25, -0.2) is 0 Å². The first kappa shape index (κ1) is 52.7. The van der Waals surface area contributed by atoms with E-state index in [0.29, 0.717) is 79.1 Å². The number of benzene rings is 2. The highest BCUT2D eigenvalue weighted by Gasteiger charge is 2.63. The Bertz CT molecular complexity index is 2690. The van der Waals surface area contributed by atoms with Crippen molar-refractivity contribution in [1.29, 1.82) is 0 Å². The van der Waals surface area contributed by atoms with Crippen LogP contribution >= 0.6 is 21.6 Å². The predicted molar refractivity (Wildman–Crippen MR) is 311 cm³/mol. The van der Waals surface area contributed by atoms with Crippen LogP contribution < -0.4 is 15.8 Å². The summed E-state index contributed by atoms with van der Waals surface area (Å²) in [7, 11) is 4.30. The van der Waals surface area contributed by atoms with Crippen molar-refractivity contribution in [1.82, 2.24) is 10.2 Å². The Balaban J connectivity index is 0.859. The van der Waals surface area contributed by atoms with Crippen molar-refractivity contribution in [2.24, 2.45) is 62.0 Å². The van der Waals surface area contributed by atoms with Crippen LogP contribution in [-0.2, 0) is 27.3 Å². The van der Waals surface area contributed by atoms with Gasteiger partial charge in [0, 0.05) is 78.9 Å². The summed E-state index contributed by atoms with van der Waals surface area (Å²) in [5, 5.41) is 29.6. The molecule has 78 heavy (non-hydrogen) atoms. The Labute approximate surface area is 473 Å². The Morgan fingerprint density at radius 1 is 0.833 bits per heavy atom. The molecule has 9 aliphatic carbocycles. The number of aromatic hydroxyl groups is 1. The topological polar surface area (TPSA) is 147 Å². The zero-order chi connectivity index (χ0) is 53.1. The van der Waals surface area contributed by atoms with Crippen LogP contribution in [0.1, 0.15) is 221 Å². The lowest BCUT2D eigenvalue weighted by atomic mass is 9.50. The van der Waals surface area contributed by atoms with Crippen molar-refractivity contribution in [3.05, 3.63) is 70.8 Å². The molecule has 10 bridgehead atoms. The largest absolute Gasteiger partial charge is 0.504 e. The second-order valence-electron chi connectivity index (χ2n) is 28.4. The van der Waals surface area contributed by atoms with Crippen LogP contribution in [0.5, 0.6) is 11.5 Å². The maximum absolute atomic E-state index is 15.0. The Morgan fingerprint density at radius 3 is 2.41 bits per heavy atom. The van der Waals surface area contributed by atoms with Gasteiger partial charge in [0.1, 0.15) is 16.1 Å². The number of carbonyl (C=O) groups is 2. The van der Waals surface area contributed by atoms with Gasteiger partial charge in [-0.1, -0.05) is 90.1 Å². The normalized spacial score (nSPS) is 41.5. The van der Waals surface area contributed by atoms with Gasteiger partial charge in [0.25, 0.3) is 0 Å². The van der Waals surface area contributed by atoms with E-state index in [0.717, 1.165) is 80.9 Å². The average molecular weight is 1100 g/mol. The molecule has 6 heterocycles. The number of rotatable bonds is 2. The minimum absolute atomic E-state index is 0.0931. The summed E-state index contributed by atoms with van der Waals surface area (Å²) in [5.74, 6) is 4.45. The highest BCUT2D eigenvalue weighted by Crippen LogP contribution is 2.72. The van der Waals surface area contributed by atoms with E-state index in [4.69, 9.17) is 20.2 Å². The summed E-state index contributed by atoms with van der Waals surface area (Å²) >= 11 is 0. The number of aliphatic hydroxyl groups is 1. The number of hydrogen-bond acceptors (Lipinski definition) is 11. The lowest BCUT2D eigenvalue weighted by Crippen LogP contribution is -2.56. The monoisotopic (exact) mass is 1100 g/mol. The van der Waals surface area contributed by atoms with Crippen LogP contribution in [0.4, 0.5) is 0 Å². The molecule has 8 saturated carbocycles. The number of nitrogens with zero attached hydrogens (tertiary/aromatic N) is 2. The molecule has 1 amide bonds. The van der Waals surface area contributed by atoms with E-state index >= 15 is 0 Å². The molecule has 0 aromatic heterocycles. The molecule has 422 valence electrons. The number of fused-ring (bicyclic) bond motifs is 1. The highest BCUT2D eigenvalue weighted by atomic mass is 33.1. The Morgan fingerprint density at radius 2 is 1.60 bits per heavy atom. The first-order valence-electron chi connectivity index (χ1n) is 31.7. The van der Waals surface area contributed by atoms with Gasteiger partial charge in [0.05, 0.1) is 6.10 Å². The number of hydrogen-bond donors (Lipinski definition) is 4. The molecular weight excluding hydrogens is 1010 g/mol. The zero-order valence-corrected chi connectivity index (χ0v) is 48.5. The fourth-order valence-corrected chi connectivity index (χ4v) is 25.6. The number of carbonyl (C=O) groups excluding carboxylic acids is 2. The summed E-state index contributed by atoms with van der Waals surface area (Å²) < 4.78 is 13.8. The second kappa shape index (κ2) is 19.9. The van der Waals surface area contributed by atoms with Crippen molar-refractivity contribution < 1.29 is 29.3 Å². The summed E-state index contributed by atoms with van der Waals surface area (Å²) in [6.45, 7) is 2.99. The quantitative estimate of drug-likeness (QED) is 0.130. The first-order chi connectivity index (χ1) is 37.8. The molecule has 13 atom stereocenters. The number of ether oxygens (including phenoxy) is 2. The van der Waals surface area contributed by atoms with Crippen LogP contribution in [0, 0.1) is 51.2 Å². The van der Waals surface area contributed by atoms with Gasteiger partial charge in [-0.05, 0) is 205 Å². The predicted octanol–water partition coefficient (Wildman–Crippen LogP) is 13.6. The van der Waals surface area contributed by atoms with Gasteiger partial charge in [-0.2, -0.15) is 0 Å². The molecule has 17 rings (SSSR count). The smallest absolute Gasteiger partial charge is 0.303 e. The number of phenolic OH excluding ortho intramolecular Hbond substituents is 1. The van der Waals surface area contributed by atoms with Gasteiger partial charge in [-0.3, -0.25) is 14.6 Å². The molecule has 6 spiro atoms. The van der Waals surface area contributed by atoms with Crippen LogP contribution in [0.25, 0.3) is 0 Å². The molecule has 10 nitrogen and oxygen atoms in total. The number of nitrogens with one attached hydrogen (secondary N) is 1. The molecule has 5 N–H and O–H groups in total. The Hall–Kier alpha value is -3.35. The Kier molecular flexibility index (Phi) is 13.5. The van der Waals surface area contributed by atoms with E-state index in [1.807, 2.05) is 4.90 Å². The lowest BCUT2D eigenvalue weighted by molar-refractivity contribution is -0.172. The van der Waals surface area contributed by atoms with Gasteiger partial charge in [0.15, 0.2) is 17.5 Å². The number of amides is 1. The molecule has 2 aromatic rings. The molecule has 9 fully saturated rings. The number of aliphatic hydroxyl groups excluding tert-OH is 1. The molecular formula is C66H90N4O6S2. The highest BCUT2D eigenvalue weighted by molar-refractivity contribution is 8.77. The maximum atomic E-state index is 15.0. The van der Waals surface area contributed by atoms with E-state index < -0.39 is 17.3 Å². The van der Waals surface area contributed by atoms with Crippen LogP contribution in [0.15, 0.2) is 53.5 Å². The van der Waals surface area contributed by atoms with Crippen molar-refractivity contribution in [3.63, 3.8) is 0 Å². The van der Waals surface area contributed by atoms with Gasteiger partial charge in [0.2, 0.25) is 5.91 Å². The van der Waals surface area contributed by atoms with E-state index in [1.54, 1.807) is 6.92 Å². The standard InChI is InChI=1S/C66H90N4O6S2/c1-43(71)75-62-31-19-45-34-48(57(74)58-56(45)46-20-33-65(76-58)29-9-14-49(65)35-46)40-70-42-63(38-55(70)73)50(17-18-53(63)44-12-3-2-4-13-44)39-68-59(67)69-66(30-11-27-61(66)24-7-8-25-61)78-77-41-51-16-15-47(52(21-32-62)54(72)37-62)36-64(51)28-10-26-60(64)22-5-6-23-60/h2-4,12-13,20,33-34,46-47,49-54,72,74H,5-11,14-19,21-32,35-42H2,1H3,(H3,67,68,69). The van der Waals surface area contributed by atoms with E-state index in [1.165, 1.54) is 108 Å². The third-order valence-corrected chi connectivity index (χ3v) is 28.5. The molecule has 1 saturated heterocycles. The van der Waals surface area contributed by atoms with E-state index in [2.05, 4.69) is 75.5 Å². The number of esters is 1. The van der Waals surface area contributed by atoms with E-state index in [9.17, 15) is 19.8 Å². The third kappa shape index (κ3) is 8.41. The van der Waals surface area contributed by atoms with Gasteiger partial charge >= 0.3 is 5.97 Å². The van der Waals surface area contributed by atoms with Gasteiger partial charge < -0.3 is 35.6 Å². The number of guanidine groups is 1. The van der Waals surface area contributed by atoms with E-state index in [-0.39, 0.29) is 63.5 Å². The van der Waals surface area contributed by atoms with Gasteiger partial charge in [-0.15, -0.1) is 0 Å². The molecule has 0 radical (unpaired) electrons. The summed E-state index contributed by atoms with van der Waals surface area (Å²) in [6, 6.07) is 13.1. The van der Waals surface area contributed by atoms with Crippen molar-refractivity contribution >= 4 is 39.4 Å². The third-order valence-electron chi connectivity index (χ3n) is 25.2. The number of phenols is 1. The molecule has 2 aromatic carbocycles. The lowest BCUT2D eigenvalue weighted by Gasteiger charge is -2.56. The molecule has 6 aliphatic heterocycles. The number of allylic oxidation sites excluding steroid dienone is 1. The minimum atomic E-state index is -0.802. The van der Waals surface area contributed by atoms with Crippen LogP contribution in [0.2, 0.25) is 0 Å². The SMILES string of the molecule is CC(=O)OC12CCc3cc(c(O)c4c3C3C=CC5(CCCC5C3)O4)CN3CC4(CC3=O)C(CCC4c3ccccc3)CN=C(N)NC3(CCCC34CCCC4)SSCC3CCC(CC34CCCC43CCCC3)C(CC1)C(O)C2. The number of aryl methyl sites for hydroxylation is 1. The fraction of sp³-hybridized carbons (Fsp3) is 0.742. The van der Waals surface area contributed by atoms with Crippen LogP contribution in [-0.4, -0.2) is 74.0 Å². The van der Waals surface area contributed by atoms with Crippen molar-refractivity contribution in [2.45, 2.75) is 234 Å². The maximum Gasteiger partial charge on any atom is 0.303 e. The second-order valence-corrected chi connectivity index (χ2v) is 31.0. The average Bonchev–Trinajstić information content (AvgIpc) is 4.50. The molecule has 13 unspecified atom stereocenters. The molecule has 15 aliphatic rings. The minimum Gasteiger partial charge on any atom is -0.504 e. The zero-order valence-electron chi connectivity index (χ0n) is 46.9. The van der Waals surface area contributed by atoms with Crippen LogP contribution in [0.3, 0.4) is 0 Å². The summed E-state index contributed by atoms with van der Waals surface area (Å²) in [4.78, 5) is 35.6. The fourth-order valence-electron chi connectivity index (χ4n) is 21.7. The summed E-state index contributed by atoms with van der Waals surface area (Å²) in [6.07, 6.45) is 35.6.